The average Bonchev–Trinajstić information content (AvgIpc) is 2.26. The van der Waals surface area contributed by atoms with Crippen molar-refractivity contribution in [2.24, 2.45) is 5.41 Å². The first-order valence-electron chi connectivity index (χ1n) is 6.98. The molecule has 107 valence electrons. The third kappa shape index (κ3) is 14.4. The third-order valence-corrected chi connectivity index (χ3v) is 5.12. The van der Waals surface area contributed by atoms with Gasteiger partial charge in [0.25, 0.3) is 0 Å². The van der Waals surface area contributed by atoms with Gasteiger partial charge in [-0.15, -0.1) is 0 Å². The predicted octanol–water partition coefficient (Wildman–Crippen LogP) is 3.88. The van der Waals surface area contributed by atoms with Crippen LogP contribution in [0.25, 0.3) is 0 Å². The van der Waals surface area contributed by atoms with Crippen molar-refractivity contribution in [2.75, 3.05) is 6.61 Å². The van der Waals surface area contributed by atoms with Gasteiger partial charge in [0.2, 0.25) is 0 Å². The number of unbranched alkanes of at least 4 members (excludes halogenated alkanes) is 4. The molecule has 0 saturated carbocycles. The van der Waals surface area contributed by atoms with Crippen LogP contribution < -0.4 is 0 Å². The zero-order valence-electron chi connectivity index (χ0n) is 12.3. The van der Waals surface area contributed by atoms with Crippen molar-refractivity contribution in [1.29, 1.82) is 0 Å². The second kappa shape index (κ2) is 11.2. The number of hydrogen-bond donors (Lipinski definition) is 0. The van der Waals surface area contributed by atoms with Gasteiger partial charge >= 0.3 is 125 Å². The zero-order chi connectivity index (χ0) is 13.9. The number of hydrogen-bond acceptors (Lipinski definition) is 3. The molecular formula is C14H28BiO3. The molecule has 0 aliphatic carbocycles. The van der Waals surface area contributed by atoms with E-state index < -0.39 is 24.1 Å². The molecule has 0 saturated heterocycles. The van der Waals surface area contributed by atoms with Gasteiger partial charge in [-0.2, -0.15) is 0 Å². The molecule has 0 N–H and O–H groups in total. The Kier molecular flexibility index (Phi) is 11.4. The standard InChI is InChI=1S/C12H24O2.C2H5O.Bi/c1-12(2,3)10-8-6-4-5-7-9-11(13)14;1-2-3;/h4-10H2,1-3H3,(H,13,14);2H2,1H3;/q;-1;+2/p-1. The number of carbonyl (C=O) groups is 1. The summed E-state index contributed by atoms with van der Waals surface area (Å²) in [4.78, 5) is 11.3. The normalized spacial score (nSPS) is 11.6. The molecule has 0 bridgehead atoms. The molecule has 0 aliphatic rings. The Bertz CT molecular complexity index is 212. The summed E-state index contributed by atoms with van der Waals surface area (Å²) in [5, 5.41) is 0. The summed E-state index contributed by atoms with van der Waals surface area (Å²) in [6.07, 6.45) is 7.76. The third-order valence-electron chi connectivity index (χ3n) is 2.63. The van der Waals surface area contributed by atoms with Crippen LogP contribution in [0.1, 0.15) is 72.6 Å². The average molecular weight is 453 g/mol. The van der Waals surface area contributed by atoms with Gasteiger partial charge in [0.1, 0.15) is 0 Å². The molecule has 0 rings (SSSR count). The van der Waals surface area contributed by atoms with Crippen LogP contribution in [-0.2, 0) is 10.4 Å². The predicted molar refractivity (Wildman–Crippen MR) is 75.2 cm³/mol. The molecule has 4 heteroatoms. The van der Waals surface area contributed by atoms with Crippen molar-refractivity contribution in [1.82, 2.24) is 0 Å². The number of carbonyl (C=O) groups excluding carboxylic acids is 1. The quantitative estimate of drug-likeness (QED) is 0.372. The fourth-order valence-electron chi connectivity index (χ4n) is 1.62. The molecule has 0 spiro atoms. The topological polar surface area (TPSA) is 35.5 Å². The monoisotopic (exact) mass is 453 g/mol. The summed E-state index contributed by atoms with van der Waals surface area (Å²) < 4.78 is 10.2. The molecule has 0 aromatic rings. The first-order valence-corrected chi connectivity index (χ1v) is 9.82. The molecule has 0 unspecified atom stereocenters. The Morgan fingerprint density at radius 2 is 1.67 bits per heavy atom. The molecular weight excluding hydrogens is 425 g/mol. The van der Waals surface area contributed by atoms with Gasteiger partial charge in [0.05, 0.1) is 0 Å². The second-order valence-corrected chi connectivity index (χ2v) is 8.08. The van der Waals surface area contributed by atoms with E-state index >= 15 is 0 Å². The van der Waals surface area contributed by atoms with E-state index in [4.69, 9.17) is 5.63 Å². The van der Waals surface area contributed by atoms with Crippen LogP contribution in [0.15, 0.2) is 0 Å². The van der Waals surface area contributed by atoms with Crippen LogP contribution in [-0.4, -0.2) is 36.7 Å². The van der Waals surface area contributed by atoms with Crippen molar-refractivity contribution in [3.63, 3.8) is 0 Å². The van der Waals surface area contributed by atoms with Gasteiger partial charge in [0.15, 0.2) is 0 Å². The van der Waals surface area contributed by atoms with Crippen molar-refractivity contribution in [3.05, 3.63) is 0 Å². The van der Waals surface area contributed by atoms with Gasteiger partial charge in [-0.1, -0.05) is 0 Å². The van der Waals surface area contributed by atoms with Crippen LogP contribution in [0.4, 0.5) is 0 Å². The fourth-order valence-corrected chi connectivity index (χ4v) is 2.91. The van der Waals surface area contributed by atoms with E-state index in [2.05, 4.69) is 20.8 Å². The molecule has 0 aromatic carbocycles. The van der Waals surface area contributed by atoms with E-state index in [9.17, 15) is 4.79 Å². The maximum atomic E-state index is 11.3. The Labute approximate surface area is 125 Å². The van der Waals surface area contributed by atoms with Crippen molar-refractivity contribution >= 4 is 30.1 Å². The van der Waals surface area contributed by atoms with Crippen LogP contribution in [0.3, 0.4) is 0 Å². The summed E-state index contributed by atoms with van der Waals surface area (Å²) in [5.74, 6) is -0.0604. The molecule has 0 aliphatic heterocycles. The molecule has 18 heavy (non-hydrogen) atoms. The second-order valence-electron chi connectivity index (χ2n) is 5.78. The Balaban J connectivity index is 3.22. The Morgan fingerprint density at radius 1 is 1.06 bits per heavy atom. The summed E-state index contributed by atoms with van der Waals surface area (Å²) in [7, 11) is 0. The molecule has 0 heterocycles. The first-order chi connectivity index (χ1) is 8.45. The summed E-state index contributed by atoms with van der Waals surface area (Å²) in [5.41, 5.74) is 0.453. The van der Waals surface area contributed by atoms with Crippen molar-refractivity contribution in [3.8, 4) is 0 Å². The Morgan fingerprint density at radius 3 is 2.28 bits per heavy atom. The molecule has 1 radical (unpaired) electrons. The molecule has 3 nitrogen and oxygen atoms in total. The Hall–Kier alpha value is 0.313. The van der Waals surface area contributed by atoms with Crippen LogP contribution >= 0.6 is 0 Å². The minimum absolute atomic E-state index is 0.0604. The first kappa shape index (κ1) is 18.3. The molecule has 0 fully saturated rings. The number of rotatable bonds is 10. The van der Waals surface area contributed by atoms with Crippen LogP contribution in [0.5, 0.6) is 0 Å². The molecule has 0 aromatic heterocycles. The van der Waals surface area contributed by atoms with Crippen molar-refractivity contribution in [2.45, 2.75) is 72.6 Å². The SMILES string of the molecule is CC[O][Bi][O]C(=O)CCCCCCCC(C)(C)C. The summed E-state index contributed by atoms with van der Waals surface area (Å²) in [6, 6.07) is 0. The fraction of sp³-hybridized carbons (Fsp3) is 0.929. The van der Waals surface area contributed by atoms with Gasteiger partial charge in [-0.25, -0.2) is 0 Å². The van der Waals surface area contributed by atoms with Crippen LogP contribution in [0, 0.1) is 5.41 Å². The molecule has 0 amide bonds. The van der Waals surface area contributed by atoms with Gasteiger partial charge in [-0.3, -0.25) is 0 Å². The maximum absolute atomic E-state index is 11.3. The van der Waals surface area contributed by atoms with E-state index in [1.54, 1.807) is 0 Å². The zero-order valence-corrected chi connectivity index (χ0v) is 15.8. The van der Waals surface area contributed by atoms with Gasteiger partial charge < -0.3 is 0 Å². The van der Waals surface area contributed by atoms with E-state index in [0.717, 1.165) is 12.8 Å². The minimum atomic E-state index is -1.39. The van der Waals surface area contributed by atoms with E-state index in [-0.39, 0.29) is 5.97 Å². The van der Waals surface area contributed by atoms with Gasteiger partial charge in [0, 0.05) is 0 Å². The van der Waals surface area contributed by atoms with E-state index in [0.29, 0.717) is 18.4 Å². The van der Waals surface area contributed by atoms with Crippen LogP contribution in [0.2, 0.25) is 0 Å². The summed E-state index contributed by atoms with van der Waals surface area (Å²) in [6.45, 7) is 9.44. The van der Waals surface area contributed by atoms with E-state index in [1.165, 1.54) is 25.7 Å². The van der Waals surface area contributed by atoms with E-state index in [1.807, 2.05) is 6.92 Å². The summed E-state index contributed by atoms with van der Waals surface area (Å²) >= 11 is -1.39. The van der Waals surface area contributed by atoms with Crippen molar-refractivity contribution < 1.29 is 10.4 Å². The molecule has 0 atom stereocenters. The van der Waals surface area contributed by atoms with Gasteiger partial charge in [-0.05, 0) is 0 Å².